The van der Waals surface area contributed by atoms with Crippen molar-refractivity contribution >= 4 is 11.7 Å². The Balaban J connectivity index is 1.92. The lowest BCUT2D eigenvalue weighted by atomic mass is 10.1. The number of anilines is 1. The van der Waals surface area contributed by atoms with Crippen LogP contribution in [0, 0.1) is 0 Å². The first-order valence-electron chi connectivity index (χ1n) is 5.79. The molecule has 1 aromatic rings. The number of aromatic nitrogens is 1. The van der Waals surface area contributed by atoms with Crippen LogP contribution < -0.4 is 5.32 Å². The molecule has 1 fully saturated rings. The first kappa shape index (κ1) is 11.9. The molecule has 2 rings (SSSR count). The molecule has 17 heavy (non-hydrogen) atoms. The largest absolute Gasteiger partial charge is 0.477 e. The van der Waals surface area contributed by atoms with Gasteiger partial charge >= 0.3 is 5.97 Å². The molecule has 0 aromatic carbocycles. The number of carboxylic acid groups (broad SMARTS) is 1. The predicted molar refractivity (Wildman–Crippen MR) is 65.3 cm³/mol. The first-order chi connectivity index (χ1) is 8.15. The SMILES string of the molecule is CN1CCC(Nc2ccc(C(=O)O)nc2)CC1. The van der Waals surface area contributed by atoms with Gasteiger partial charge in [0, 0.05) is 6.04 Å². The van der Waals surface area contributed by atoms with Crippen molar-refractivity contribution in [2.45, 2.75) is 18.9 Å². The highest BCUT2D eigenvalue weighted by molar-refractivity contribution is 5.85. The van der Waals surface area contributed by atoms with E-state index < -0.39 is 5.97 Å². The normalized spacial score (nSPS) is 17.9. The number of pyridine rings is 1. The Labute approximate surface area is 100 Å². The lowest BCUT2D eigenvalue weighted by molar-refractivity contribution is 0.0690. The van der Waals surface area contributed by atoms with Gasteiger partial charge in [0.05, 0.1) is 11.9 Å². The van der Waals surface area contributed by atoms with E-state index in [1.807, 2.05) is 0 Å². The molecule has 0 spiro atoms. The van der Waals surface area contributed by atoms with E-state index in [0.717, 1.165) is 31.6 Å². The molecule has 0 bridgehead atoms. The van der Waals surface area contributed by atoms with E-state index in [-0.39, 0.29) is 5.69 Å². The lowest BCUT2D eigenvalue weighted by Crippen LogP contribution is -2.36. The highest BCUT2D eigenvalue weighted by Gasteiger charge is 2.16. The van der Waals surface area contributed by atoms with Gasteiger partial charge in [0.1, 0.15) is 5.69 Å². The molecule has 5 nitrogen and oxygen atoms in total. The van der Waals surface area contributed by atoms with Crippen molar-refractivity contribution in [2.24, 2.45) is 0 Å². The van der Waals surface area contributed by atoms with Gasteiger partial charge in [-0.2, -0.15) is 0 Å². The van der Waals surface area contributed by atoms with Gasteiger partial charge in [-0.15, -0.1) is 0 Å². The monoisotopic (exact) mass is 235 g/mol. The maximum atomic E-state index is 10.6. The van der Waals surface area contributed by atoms with Crippen LogP contribution in [0.1, 0.15) is 23.3 Å². The number of nitrogens with zero attached hydrogens (tertiary/aromatic N) is 2. The molecule has 0 radical (unpaired) electrons. The molecule has 5 heteroatoms. The molecule has 2 N–H and O–H groups in total. The Kier molecular flexibility index (Phi) is 3.58. The Morgan fingerprint density at radius 3 is 2.71 bits per heavy atom. The summed E-state index contributed by atoms with van der Waals surface area (Å²) in [6.45, 7) is 2.19. The van der Waals surface area contributed by atoms with Gasteiger partial charge in [0.25, 0.3) is 0 Å². The second-order valence-corrected chi connectivity index (χ2v) is 4.46. The molecule has 1 aliphatic heterocycles. The van der Waals surface area contributed by atoms with E-state index in [4.69, 9.17) is 5.11 Å². The van der Waals surface area contributed by atoms with Crippen LogP contribution >= 0.6 is 0 Å². The summed E-state index contributed by atoms with van der Waals surface area (Å²) in [6, 6.07) is 3.76. The third kappa shape index (κ3) is 3.17. The molecular formula is C12H17N3O2. The maximum absolute atomic E-state index is 10.6. The van der Waals surface area contributed by atoms with Crippen molar-refractivity contribution in [3.8, 4) is 0 Å². The average Bonchev–Trinajstić information content (AvgIpc) is 2.33. The first-order valence-corrected chi connectivity index (χ1v) is 5.79. The minimum absolute atomic E-state index is 0.0823. The quantitative estimate of drug-likeness (QED) is 0.826. The maximum Gasteiger partial charge on any atom is 0.354 e. The minimum atomic E-state index is -0.990. The van der Waals surface area contributed by atoms with Crippen LogP contribution in [-0.4, -0.2) is 47.1 Å². The summed E-state index contributed by atoms with van der Waals surface area (Å²) >= 11 is 0. The van der Waals surface area contributed by atoms with Crippen LogP contribution in [0.3, 0.4) is 0 Å². The average molecular weight is 235 g/mol. The molecule has 1 saturated heterocycles. The van der Waals surface area contributed by atoms with Crippen LogP contribution in [0.2, 0.25) is 0 Å². The molecule has 0 atom stereocenters. The van der Waals surface area contributed by atoms with Crippen LogP contribution in [0.4, 0.5) is 5.69 Å². The van der Waals surface area contributed by atoms with Gasteiger partial charge in [-0.3, -0.25) is 0 Å². The zero-order valence-electron chi connectivity index (χ0n) is 9.89. The molecule has 1 aromatic heterocycles. The summed E-state index contributed by atoms with van der Waals surface area (Å²) < 4.78 is 0. The minimum Gasteiger partial charge on any atom is -0.477 e. The van der Waals surface area contributed by atoms with Crippen LogP contribution in [0.15, 0.2) is 18.3 Å². The van der Waals surface area contributed by atoms with E-state index >= 15 is 0 Å². The number of aromatic carboxylic acids is 1. The van der Waals surface area contributed by atoms with Gasteiger partial charge in [0.2, 0.25) is 0 Å². The number of carboxylic acids is 1. The predicted octanol–water partition coefficient (Wildman–Crippen LogP) is 1.29. The fraction of sp³-hybridized carbons (Fsp3) is 0.500. The standard InChI is InChI=1S/C12H17N3O2/c1-15-6-4-9(5-7-15)14-10-2-3-11(12(16)17)13-8-10/h2-3,8-9,14H,4-7H2,1H3,(H,16,17). The Morgan fingerprint density at radius 2 is 2.18 bits per heavy atom. The number of rotatable bonds is 3. The van der Waals surface area contributed by atoms with E-state index in [2.05, 4.69) is 22.2 Å². The van der Waals surface area contributed by atoms with Gasteiger partial charge in [0.15, 0.2) is 0 Å². The molecule has 0 aliphatic carbocycles. The molecular weight excluding hydrogens is 218 g/mol. The smallest absolute Gasteiger partial charge is 0.354 e. The van der Waals surface area contributed by atoms with Crippen molar-refractivity contribution in [1.82, 2.24) is 9.88 Å². The molecule has 2 heterocycles. The summed E-state index contributed by atoms with van der Waals surface area (Å²) in [4.78, 5) is 16.8. The van der Waals surface area contributed by atoms with Crippen LogP contribution in [0.25, 0.3) is 0 Å². The van der Waals surface area contributed by atoms with Gasteiger partial charge in [-0.1, -0.05) is 0 Å². The third-order valence-electron chi connectivity index (χ3n) is 3.07. The summed E-state index contributed by atoms with van der Waals surface area (Å²) in [5.74, 6) is -0.990. The number of carbonyl (C=O) groups is 1. The number of piperidine rings is 1. The molecule has 92 valence electrons. The van der Waals surface area contributed by atoms with Crippen molar-refractivity contribution in [3.05, 3.63) is 24.0 Å². The lowest BCUT2D eigenvalue weighted by Gasteiger charge is -2.30. The second kappa shape index (κ2) is 5.14. The van der Waals surface area contributed by atoms with Crippen molar-refractivity contribution in [1.29, 1.82) is 0 Å². The number of hydrogen-bond acceptors (Lipinski definition) is 4. The van der Waals surface area contributed by atoms with Crippen molar-refractivity contribution < 1.29 is 9.90 Å². The molecule has 0 unspecified atom stereocenters. The van der Waals surface area contributed by atoms with Crippen LogP contribution in [-0.2, 0) is 0 Å². The molecule has 0 saturated carbocycles. The fourth-order valence-electron chi connectivity index (χ4n) is 1.99. The van der Waals surface area contributed by atoms with Gasteiger partial charge in [-0.25, -0.2) is 9.78 Å². The van der Waals surface area contributed by atoms with E-state index in [1.54, 1.807) is 12.3 Å². The zero-order valence-corrected chi connectivity index (χ0v) is 9.89. The zero-order chi connectivity index (χ0) is 12.3. The van der Waals surface area contributed by atoms with Crippen LogP contribution in [0.5, 0.6) is 0 Å². The topological polar surface area (TPSA) is 65.5 Å². The number of nitrogens with one attached hydrogen (secondary N) is 1. The Morgan fingerprint density at radius 1 is 1.47 bits per heavy atom. The van der Waals surface area contributed by atoms with Gasteiger partial charge < -0.3 is 15.3 Å². The van der Waals surface area contributed by atoms with Crippen molar-refractivity contribution in [3.63, 3.8) is 0 Å². The fourth-order valence-corrected chi connectivity index (χ4v) is 1.99. The molecule has 0 amide bonds. The van der Waals surface area contributed by atoms with E-state index in [0.29, 0.717) is 6.04 Å². The summed E-state index contributed by atoms with van der Waals surface area (Å²) in [7, 11) is 2.12. The second-order valence-electron chi connectivity index (χ2n) is 4.46. The highest BCUT2D eigenvalue weighted by Crippen LogP contribution is 2.15. The van der Waals surface area contributed by atoms with E-state index in [1.165, 1.54) is 6.07 Å². The third-order valence-corrected chi connectivity index (χ3v) is 3.07. The van der Waals surface area contributed by atoms with Gasteiger partial charge in [-0.05, 0) is 45.1 Å². The Hall–Kier alpha value is -1.62. The van der Waals surface area contributed by atoms with E-state index in [9.17, 15) is 4.79 Å². The molecule has 1 aliphatic rings. The number of hydrogen-bond donors (Lipinski definition) is 2. The summed E-state index contributed by atoms with van der Waals surface area (Å²) in [6.07, 6.45) is 3.80. The number of likely N-dealkylation sites (tertiary alicyclic amines) is 1. The summed E-state index contributed by atoms with van der Waals surface area (Å²) in [5.41, 5.74) is 0.975. The highest BCUT2D eigenvalue weighted by atomic mass is 16.4. The summed E-state index contributed by atoms with van der Waals surface area (Å²) in [5, 5.41) is 12.1. The van der Waals surface area contributed by atoms with Crippen molar-refractivity contribution in [2.75, 3.05) is 25.5 Å². The Bertz CT molecular complexity index is 383.